The summed E-state index contributed by atoms with van der Waals surface area (Å²) in [7, 11) is 0. The van der Waals surface area contributed by atoms with Crippen LogP contribution in [0.15, 0.2) is 58.5 Å². The van der Waals surface area contributed by atoms with Crippen LogP contribution in [0.5, 0.6) is 0 Å². The van der Waals surface area contributed by atoms with Crippen LogP contribution in [0.2, 0.25) is 5.02 Å². The van der Waals surface area contributed by atoms with Crippen LogP contribution in [0.25, 0.3) is 11.0 Å². The highest BCUT2D eigenvalue weighted by Gasteiger charge is 2.26. The average molecular weight is 397 g/mol. The van der Waals surface area contributed by atoms with E-state index in [0.29, 0.717) is 28.7 Å². The molecule has 0 spiro atoms. The standard InChI is InChI=1S/C21H17ClN2O2S/c1-13-5-3-9-23-20(13)24(12-16-6-4-10-27-16)21(25)19-14(2)17-11-15(22)7-8-18(17)26-19/h3-11H,12H2,1-2H3. The topological polar surface area (TPSA) is 46.3 Å². The van der Waals surface area contributed by atoms with Gasteiger partial charge in [0.2, 0.25) is 0 Å². The zero-order chi connectivity index (χ0) is 19.0. The number of amides is 1. The van der Waals surface area contributed by atoms with Crippen molar-refractivity contribution in [3.8, 4) is 0 Å². The minimum absolute atomic E-state index is 0.213. The van der Waals surface area contributed by atoms with Crippen LogP contribution < -0.4 is 4.90 Å². The summed E-state index contributed by atoms with van der Waals surface area (Å²) in [5.74, 6) is 0.734. The summed E-state index contributed by atoms with van der Waals surface area (Å²) < 4.78 is 5.90. The van der Waals surface area contributed by atoms with E-state index in [4.69, 9.17) is 16.0 Å². The van der Waals surface area contributed by atoms with E-state index in [1.807, 2.05) is 49.6 Å². The van der Waals surface area contributed by atoms with Gasteiger partial charge in [0.25, 0.3) is 5.91 Å². The molecule has 0 saturated heterocycles. The predicted molar refractivity (Wildman–Crippen MR) is 110 cm³/mol. The lowest BCUT2D eigenvalue weighted by Gasteiger charge is -2.22. The molecule has 0 aliphatic rings. The zero-order valence-corrected chi connectivity index (χ0v) is 16.5. The van der Waals surface area contributed by atoms with E-state index in [0.717, 1.165) is 21.4 Å². The fourth-order valence-electron chi connectivity index (χ4n) is 3.08. The summed E-state index contributed by atoms with van der Waals surface area (Å²) in [5.41, 5.74) is 2.36. The van der Waals surface area contributed by atoms with Gasteiger partial charge in [-0.3, -0.25) is 9.69 Å². The first-order valence-electron chi connectivity index (χ1n) is 8.49. The molecule has 136 valence electrons. The van der Waals surface area contributed by atoms with Crippen molar-refractivity contribution in [1.29, 1.82) is 0 Å². The number of fused-ring (bicyclic) bond motifs is 1. The number of carbonyl (C=O) groups is 1. The normalized spacial score (nSPS) is 11.1. The predicted octanol–water partition coefficient (Wildman–Crippen LogP) is 6.01. The summed E-state index contributed by atoms with van der Waals surface area (Å²) >= 11 is 7.71. The zero-order valence-electron chi connectivity index (χ0n) is 14.9. The van der Waals surface area contributed by atoms with Gasteiger partial charge in [-0.2, -0.15) is 0 Å². The van der Waals surface area contributed by atoms with Crippen LogP contribution in [0.1, 0.15) is 26.6 Å². The van der Waals surface area contributed by atoms with E-state index in [1.165, 1.54) is 0 Å². The number of pyridine rings is 1. The van der Waals surface area contributed by atoms with Crippen LogP contribution in [-0.2, 0) is 6.54 Å². The lowest BCUT2D eigenvalue weighted by Crippen LogP contribution is -2.31. The second-order valence-electron chi connectivity index (χ2n) is 6.31. The molecule has 0 saturated carbocycles. The second kappa shape index (κ2) is 7.18. The molecule has 0 bridgehead atoms. The summed E-state index contributed by atoms with van der Waals surface area (Å²) in [4.78, 5) is 20.7. The minimum Gasteiger partial charge on any atom is -0.451 e. The Morgan fingerprint density at radius 2 is 2.07 bits per heavy atom. The molecule has 0 atom stereocenters. The molecule has 3 heterocycles. The molecule has 1 amide bonds. The molecule has 27 heavy (non-hydrogen) atoms. The maximum atomic E-state index is 13.5. The van der Waals surface area contributed by atoms with Crippen molar-refractivity contribution in [2.24, 2.45) is 0 Å². The van der Waals surface area contributed by atoms with Crippen LogP contribution in [0.3, 0.4) is 0 Å². The van der Waals surface area contributed by atoms with Gasteiger partial charge in [-0.1, -0.05) is 23.7 Å². The van der Waals surface area contributed by atoms with Crippen molar-refractivity contribution < 1.29 is 9.21 Å². The molecule has 4 aromatic rings. The van der Waals surface area contributed by atoms with Crippen molar-refractivity contribution in [3.63, 3.8) is 0 Å². The van der Waals surface area contributed by atoms with Gasteiger partial charge in [-0.25, -0.2) is 4.98 Å². The number of halogens is 1. The molecule has 0 aliphatic heterocycles. The van der Waals surface area contributed by atoms with Gasteiger partial charge in [0.15, 0.2) is 5.76 Å². The smallest absolute Gasteiger partial charge is 0.295 e. The molecule has 0 radical (unpaired) electrons. The Balaban J connectivity index is 1.81. The molecule has 4 nitrogen and oxygen atoms in total. The third kappa shape index (κ3) is 3.36. The maximum Gasteiger partial charge on any atom is 0.295 e. The Kier molecular flexibility index (Phi) is 4.72. The monoisotopic (exact) mass is 396 g/mol. The number of hydrogen-bond acceptors (Lipinski definition) is 4. The molecule has 6 heteroatoms. The molecule has 0 unspecified atom stereocenters. The number of furan rings is 1. The number of nitrogens with zero attached hydrogens (tertiary/aromatic N) is 2. The van der Waals surface area contributed by atoms with Crippen molar-refractivity contribution >= 4 is 45.6 Å². The molecular formula is C21H17ClN2O2S. The molecule has 1 aromatic carbocycles. The van der Waals surface area contributed by atoms with Gasteiger partial charge in [0.05, 0.1) is 6.54 Å². The Labute approximate surface area is 166 Å². The van der Waals surface area contributed by atoms with Gasteiger partial charge in [0.1, 0.15) is 11.4 Å². The van der Waals surface area contributed by atoms with Crippen molar-refractivity contribution in [1.82, 2.24) is 4.98 Å². The number of aromatic nitrogens is 1. The van der Waals surface area contributed by atoms with E-state index in [9.17, 15) is 4.79 Å². The first kappa shape index (κ1) is 17.8. The number of rotatable bonds is 4. The van der Waals surface area contributed by atoms with Gasteiger partial charge in [-0.05, 0) is 55.1 Å². The highest BCUT2D eigenvalue weighted by Crippen LogP contribution is 2.31. The highest BCUT2D eigenvalue weighted by atomic mass is 35.5. The number of anilines is 1. The van der Waals surface area contributed by atoms with Gasteiger partial charge in [0, 0.05) is 27.0 Å². The molecule has 4 rings (SSSR count). The lowest BCUT2D eigenvalue weighted by molar-refractivity contribution is 0.0959. The van der Waals surface area contributed by atoms with Crippen LogP contribution >= 0.6 is 22.9 Å². The fourth-order valence-corrected chi connectivity index (χ4v) is 3.95. The van der Waals surface area contributed by atoms with Gasteiger partial charge >= 0.3 is 0 Å². The van der Waals surface area contributed by atoms with Crippen molar-refractivity contribution in [2.75, 3.05) is 4.90 Å². The van der Waals surface area contributed by atoms with E-state index in [-0.39, 0.29) is 5.91 Å². The largest absolute Gasteiger partial charge is 0.451 e. The molecule has 0 fully saturated rings. The maximum absolute atomic E-state index is 13.5. The molecule has 0 aliphatic carbocycles. The third-order valence-electron chi connectivity index (χ3n) is 4.47. The SMILES string of the molecule is Cc1cccnc1N(Cc1cccs1)C(=O)c1oc2ccc(Cl)cc2c1C. The van der Waals surface area contributed by atoms with E-state index < -0.39 is 0 Å². The van der Waals surface area contributed by atoms with Crippen molar-refractivity contribution in [3.05, 3.63) is 80.8 Å². The molecule has 3 aromatic heterocycles. The summed E-state index contributed by atoms with van der Waals surface area (Å²) in [6, 6.07) is 13.2. The van der Waals surface area contributed by atoms with Gasteiger partial charge in [-0.15, -0.1) is 11.3 Å². The fraction of sp³-hybridized carbons (Fsp3) is 0.143. The summed E-state index contributed by atoms with van der Waals surface area (Å²) in [6.07, 6.45) is 1.70. The highest BCUT2D eigenvalue weighted by molar-refractivity contribution is 7.09. The number of hydrogen-bond donors (Lipinski definition) is 0. The quantitative estimate of drug-likeness (QED) is 0.424. The average Bonchev–Trinajstić information content (AvgIpc) is 3.28. The minimum atomic E-state index is -0.213. The van der Waals surface area contributed by atoms with Crippen LogP contribution in [0, 0.1) is 13.8 Å². The third-order valence-corrected chi connectivity index (χ3v) is 5.57. The Bertz CT molecular complexity index is 1120. The Morgan fingerprint density at radius 3 is 2.81 bits per heavy atom. The van der Waals surface area contributed by atoms with Crippen LogP contribution in [0.4, 0.5) is 5.82 Å². The first-order chi connectivity index (χ1) is 13.0. The molecule has 0 N–H and O–H groups in total. The lowest BCUT2D eigenvalue weighted by atomic mass is 10.1. The van der Waals surface area contributed by atoms with Crippen molar-refractivity contribution in [2.45, 2.75) is 20.4 Å². The van der Waals surface area contributed by atoms with E-state index in [1.54, 1.807) is 34.6 Å². The van der Waals surface area contributed by atoms with Crippen LogP contribution in [-0.4, -0.2) is 10.9 Å². The molecular weight excluding hydrogens is 380 g/mol. The van der Waals surface area contributed by atoms with E-state index >= 15 is 0 Å². The summed E-state index contributed by atoms with van der Waals surface area (Å²) in [6.45, 7) is 4.26. The Morgan fingerprint density at radius 1 is 1.22 bits per heavy atom. The van der Waals surface area contributed by atoms with E-state index in [2.05, 4.69) is 4.98 Å². The second-order valence-corrected chi connectivity index (χ2v) is 7.78. The van der Waals surface area contributed by atoms with Gasteiger partial charge < -0.3 is 4.42 Å². The first-order valence-corrected chi connectivity index (χ1v) is 9.75. The number of aryl methyl sites for hydroxylation is 2. The Hall–Kier alpha value is -2.63. The number of thiophene rings is 1. The summed E-state index contributed by atoms with van der Waals surface area (Å²) in [5, 5.41) is 3.46. The number of benzene rings is 1. The number of carbonyl (C=O) groups excluding carboxylic acids is 1.